The Labute approximate surface area is 100 Å². The second-order valence-electron chi connectivity index (χ2n) is 3.57. The van der Waals surface area contributed by atoms with Crippen molar-refractivity contribution in [2.75, 3.05) is 19.4 Å². The molecule has 0 amide bonds. The Balaban J connectivity index is 2.79. The molecule has 0 bridgehead atoms. The molecule has 2 N–H and O–H groups in total. The molecule has 0 aromatic heterocycles. The van der Waals surface area contributed by atoms with Gasteiger partial charge in [-0.2, -0.15) is 0 Å². The first kappa shape index (κ1) is 13.7. The average Bonchev–Trinajstić information content (AvgIpc) is 2.28. The lowest BCUT2D eigenvalue weighted by atomic mass is 10.1. The second-order valence-corrected chi connectivity index (χ2v) is 5.75. The molecular formula is C11H15NO4S. The summed E-state index contributed by atoms with van der Waals surface area (Å²) in [6.45, 7) is 0.114. The smallest absolute Gasteiger partial charge is 0.337 e. The van der Waals surface area contributed by atoms with Crippen LogP contribution < -0.4 is 5.73 Å². The molecule has 0 fully saturated rings. The number of benzene rings is 1. The van der Waals surface area contributed by atoms with Crippen molar-refractivity contribution in [3.8, 4) is 0 Å². The summed E-state index contributed by atoms with van der Waals surface area (Å²) in [5.74, 6) is -0.543. The molecule has 0 atom stereocenters. The third kappa shape index (κ3) is 4.16. The summed E-state index contributed by atoms with van der Waals surface area (Å²) >= 11 is 0. The van der Waals surface area contributed by atoms with Crippen molar-refractivity contribution in [3.63, 3.8) is 0 Å². The van der Waals surface area contributed by atoms with Gasteiger partial charge < -0.3 is 10.5 Å². The third-order valence-electron chi connectivity index (χ3n) is 2.19. The molecule has 0 aliphatic heterocycles. The van der Waals surface area contributed by atoms with Gasteiger partial charge >= 0.3 is 5.97 Å². The molecule has 1 aromatic rings. The minimum atomic E-state index is -3.16. The normalized spacial score (nSPS) is 11.2. The topological polar surface area (TPSA) is 86.5 Å². The van der Waals surface area contributed by atoms with E-state index in [1.807, 2.05) is 0 Å². The molecule has 0 radical (unpaired) electrons. The highest BCUT2D eigenvalue weighted by molar-refractivity contribution is 7.90. The first-order valence-corrected chi connectivity index (χ1v) is 6.88. The highest BCUT2D eigenvalue weighted by Crippen LogP contribution is 2.09. The predicted octanol–water partition coefficient (Wildman–Crippen LogP) is 0.347. The minimum absolute atomic E-state index is 0.0360. The van der Waals surface area contributed by atoms with Gasteiger partial charge in [-0.1, -0.05) is 12.1 Å². The molecule has 0 aliphatic rings. The number of hydrogen-bond acceptors (Lipinski definition) is 5. The molecule has 17 heavy (non-hydrogen) atoms. The number of esters is 1. The maximum absolute atomic E-state index is 11.5. The maximum Gasteiger partial charge on any atom is 0.337 e. The fourth-order valence-corrected chi connectivity index (χ4v) is 2.56. The molecule has 94 valence electrons. The first-order chi connectivity index (χ1) is 7.98. The van der Waals surface area contributed by atoms with Crippen LogP contribution in [0.25, 0.3) is 0 Å². The van der Waals surface area contributed by atoms with E-state index in [0.717, 1.165) is 0 Å². The van der Waals surface area contributed by atoms with E-state index in [2.05, 4.69) is 4.74 Å². The Morgan fingerprint density at radius 1 is 1.29 bits per heavy atom. The first-order valence-electron chi connectivity index (χ1n) is 5.06. The molecule has 5 nitrogen and oxygen atoms in total. The van der Waals surface area contributed by atoms with E-state index in [9.17, 15) is 13.2 Å². The van der Waals surface area contributed by atoms with Gasteiger partial charge in [-0.05, 0) is 17.7 Å². The van der Waals surface area contributed by atoms with Crippen molar-refractivity contribution in [2.24, 2.45) is 5.73 Å². The van der Waals surface area contributed by atoms with E-state index in [-0.39, 0.29) is 18.1 Å². The van der Waals surface area contributed by atoms with Gasteiger partial charge in [0.1, 0.15) is 0 Å². The molecule has 0 spiro atoms. The van der Waals surface area contributed by atoms with Crippen molar-refractivity contribution < 1.29 is 17.9 Å². The maximum atomic E-state index is 11.5. The lowest BCUT2D eigenvalue weighted by molar-refractivity contribution is 0.0600. The summed E-state index contributed by atoms with van der Waals surface area (Å²) in [5.41, 5.74) is 6.24. The molecular weight excluding hydrogens is 242 g/mol. The molecule has 0 saturated carbocycles. The third-order valence-corrected chi connectivity index (χ3v) is 3.82. The lowest BCUT2D eigenvalue weighted by Crippen LogP contribution is -2.17. The Morgan fingerprint density at radius 2 is 1.88 bits per heavy atom. The van der Waals surface area contributed by atoms with Crippen LogP contribution in [0.4, 0.5) is 0 Å². The molecule has 6 heteroatoms. The van der Waals surface area contributed by atoms with Gasteiger partial charge in [-0.15, -0.1) is 0 Å². The van der Waals surface area contributed by atoms with Crippen LogP contribution in [-0.4, -0.2) is 33.8 Å². The SMILES string of the molecule is COC(=O)c1ccc(CS(=O)(=O)CCN)cc1. The van der Waals surface area contributed by atoms with Gasteiger partial charge in [0.2, 0.25) is 0 Å². The van der Waals surface area contributed by atoms with Crippen LogP contribution in [0.2, 0.25) is 0 Å². The minimum Gasteiger partial charge on any atom is -0.465 e. The predicted molar refractivity (Wildman–Crippen MR) is 64.3 cm³/mol. The Morgan fingerprint density at radius 3 is 2.35 bits per heavy atom. The number of carbonyl (C=O) groups excluding carboxylic acids is 1. The lowest BCUT2D eigenvalue weighted by Gasteiger charge is -2.04. The standard InChI is InChI=1S/C11H15NO4S/c1-16-11(13)10-4-2-9(3-5-10)8-17(14,15)7-6-12/h2-5H,6-8,12H2,1H3. The number of hydrogen-bond donors (Lipinski definition) is 1. The van der Waals surface area contributed by atoms with Crippen molar-refractivity contribution in [2.45, 2.75) is 5.75 Å². The summed E-state index contributed by atoms with van der Waals surface area (Å²) in [6.07, 6.45) is 0. The summed E-state index contributed by atoms with van der Waals surface area (Å²) in [4.78, 5) is 11.2. The van der Waals surface area contributed by atoms with Crippen LogP contribution in [-0.2, 0) is 20.3 Å². The van der Waals surface area contributed by atoms with E-state index in [1.54, 1.807) is 24.3 Å². The zero-order valence-corrected chi connectivity index (χ0v) is 10.4. The van der Waals surface area contributed by atoms with E-state index < -0.39 is 15.8 Å². The summed E-state index contributed by atoms with van der Waals surface area (Å²) < 4.78 is 27.5. The molecule has 0 unspecified atom stereocenters. The van der Waals surface area contributed by atoms with Gasteiger partial charge in [-0.25, -0.2) is 13.2 Å². The van der Waals surface area contributed by atoms with E-state index in [0.29, 0.717) is 11.1 Å². The van der Waals surface area contributed by atoms with E-state index in [4.69, 9.17) is 5.73 Å². The number of sulfone groups is 1. The van der Waals surface area contributed by atoms with Crippen LogP contribution >= 0.6 is 0 Å². The molecule has 0 heterocycles. The zero-order chi connectivity index (χ0) is 12.9. The molecule has 0 aliphatic carbocycles. The van der Waals surface area contributed by atoms with Crippen LogP contribution in [0, 0.1) is 0 Å². The van der Waals surface area contributed by atoms with E-state index >= 15 is 0 Å². The van der Waals surface area contributed by atoms with Crippen molar-refractivity contribution in [1.82, 2.24) is 0 Å². The van der Waals surface area contributed by atoms with Crippen LogP contribution in [0.1, 0.15) is 15.9 Å². The van der Waals surface area contributed by atoms with Gasteiger partial charge in [0.25, 0.3) is 0 Å². The summed E-state index contributed by atoms with van der Waals surface area (Å²) in [6, 6.07) is 6.28. The number of carbonyl (C=O) groups is 1. The van der Waals surface area contributed by atoms with E-state index in [1.165, 1.54) is 7.11 Å². The highest BCUT2D eigenvalue weighted by Gasteiger charge is 2.11. The second kappa shape index (κ2) is 5.79. The molecule has 1 aromatic carbocycles. The summed E-state index contributed by atoms with van der Waals surface area (Å²) in [7, 11) is -1.87. The van der Waals surface area contributed by atoms with Crippen LogP contribution in [0.15, 0.2) is 24.3 Å². The molecule has 0 saturated heterocycles. The van der Waals surface area contributed by atoms with Gasteiger partial charge in [0.05, 0.1) is 24.2 Å². The number of ether oxygens (including phenoxy) is 1. The highest BCUT2D eigenvalue weighted by atomic mass is 32.2. The molecule has 1 rings (SSSR count). The average molecular weight is 257 g/mol. The quantitative estimate of drug-likeness (QED) is 0.769. The van der Waals surface area contributed by atoms with Gasteiger partial charge in [0.15, 0.2) is 9.84 Å². The van der Waals surface area contributed by atoms with Crippen molar-refractivity contribution in [1.29, 1.82) is 0 Å². The van der Waals surface area contributed by atoms with Crippen molar-refractivity contribution >= 4 is 15.8 Å². The number of rotatable bonds is 5. The van der Waals surface area contributed by atoms with Gasteiger partial charge in [0, 0.05) is 6.54 Å². The fourth-order valence-electron chi connectivity index (χ4n) is 1.36. The zero-order valence-electron chi connectivity index (χ0n) is 9.55. The fraction of sp³-hybridized carbons (Fsp3) is 0.364. The largest absolute Gasteiger partial charge is 0.465 e. The van der Waals surface area contributed by atoms with Crippen LogP contribution in [0.5, 0.6) is 0 Å². The van der Waals surface area contributed by atoms with Crippen LogP contribution in [0.3, 0.4) is 0 Å². The monoisotopic (exact) mass is 257 g/mol. The number of nitrogens with two attached hydrogens (primary N) is 1. The van der Waals surface area contributed by atoms with Crippen molar-refractivity contribution in [3.05, 3.63) is 35.4 Å². The van der Waals surface area contributed by atoms with Gasteiger partial charge in [-0.3, -0.25) is 0 Å². The Bertz CT molecular complexity index is 479. The number of methoxy groups -OCH3 is 1. The Kier molecular flexibility index (Phi) is 4.65. The Hall–Kier alpha value is -1.40. The summed E-state index contributed by atoms with van der Waals surface area (Å²) in [5, 5.41) is 0.